The third-order valence-electron chi connectivity index (χ3n) is 3.58. The molecule has 1 heterocycles. The van der Waals surface area contributed by atoms with Crippen LogP contribution in [0.1, 0.15) is 13.3 Å². The van der Waals surface area contributed by atoms with Gasteiger partial charge in [0.15, 0.2) is 5.13 Å². The van der Waals surface area contributed by atoms with Gasteiger partial charge in [0, 0.05) is 24.1 Å². The van der Waals surface area contributed by atoms with E-state index in [9.17, 15) is 4.79 Å². The number of benzene rings is 1. The van der Waals surface area contributed by atoms with E-state index in [4.69, 9.17) is 9.84 Å². The summed E-state index contributed by atoms with van der Waals surface area (Å²) in [6, 6.07) is 7.64. The lowest BCUT2D eigenvalue weighted by Gasteiger charge is -2.18. The van der Waals surface area contributed by atoms with Gasteiger partial charge in [-0.3, -0.25) is 9.69 Å². The summed E-state index contributed by atoms with van der Waals surface area (Å²) in [4.78, 5) is 18.6. The fraction of sp³-hybridized carbons (Fsp3) is 0.412. The van der Waals surface area contributed by atoms with Gasteiger partial charge in [-0.25, -0.2) is 4.98 Å². The first-order valence-electron chi connectivity index (χ1n) is 7.89. The number of ether oxygens (including phenoxy) is 1. The smallest absolute Gasteiger partial charge is 0.240 e. The maximum atomic E-state index is 12.1. The number of aliphatic hydroxyl groups is 1. The molecule has 0 unspecified atom stereocenters. The number of carbonyl (C=O) groups is 1. The third-order valence-corrected chi connectivity index (χ3v) is 4.34. The number of carbonyl (C=O) groups excluding carboxylic acids is 1. The SMILES string of the molecule is CCN(CCCO)CC(=O)Nc1nc(-c2ccc(OC)cc2)cs1. The fourth-order valence-electron chi connectivity index (χ4n) is 2.23. The summed E-state index contributed by atoms with van der Waals surface area (Å²) in [5.74, 6) is 0.704. The average Bonchev–Trinajstić information content (AvgIpc) is 3.07. The van der Waals surface area contributed by atoms with Gasteiger partial charge in [-0.1, -0.05) is 6.92 Å². The van der Waals surface area contributed by atoms with Crippen LogP contribution in [-0.4, -0.2) is 54.2 Å². The summed E-state index contributed by atoms with van der Waals surface area (Å²) in [6.45, 7) is 3.90. The Hall–Kier alpha value is -1.96. The van der Waals surface area contributed by atoms with Crippen LogP contribution in [0.2, 0.25) is 0 Å². The highest BCUT2D eigenvalue weighted by molar-refractivity contribution is 7.14. The lowest BCUT2D eigenvalue weighted by atomic mass is 10.2. The monoisotopic (exact) mass is 349 g/mol. The molecule has 0 atom stereocenters. The Morgan fingerprint density at radius 2 is 2.12 bits per heavy atom. The van der Waals surface area contributed by atoms with E-state index >= 15 is 0 Å². The van der Waals surface area contributed by atoms with E-state index in [1.807, 2.05) is 41.5 Å². The summed E-state index contributed by atoms with van der Waals surface area (Å²) in [5, 5.41) is 14.2. The van der Waals surface area contributed by atoms with E-state index in [-0.39, 0.29) is 12.5 Å². The molecule has 0 aliphatic carbocycles. The Bertz CT molecular complexity index is 643. The topological polar surface area (TPSA) is 74.7 Å². The number of nitrogens with one attached hydrogen (secondary N) is 1. The summed E-state index contributed by atoms with van der Waals surface area (Å²) in [5.41, 5.74) is 1.80. The summed E-state index contributed by atoms with van der Waals surface area (Å²) >= 11 is 1.40. The Labute approximate surface area is 146 Å². The Morgan fingerprint density at radius 1 is 1.38 bits per heavy atom. The zero-order chi connectivity index (χ0) is 17.4. The highest BCUT2D eigenvalue weighted by Gasteiger charge is 2.11. The molecule has 0 spiro atoms. The van der Waals surface area contributed by atoms with Crippen LogP contribution in [0.5, 0.6) is 5.75 Å². The van der Waals surface area contributed by atoms with Crippen LogP contribution >= 0.6 is 11.3 Å². The number of methoxy groups -OCH3 is 1. The van der Waals surface area contributed by atoms with Gasteiger partial charge in [-0.2, -0.15) is 0 Å². The van der Waals surface area contributed by atoms with E-state index in [0.717, 1.165) is 23.6 Å². The number of rotatable bonds is 9. The minimum Gasteiger partial charge on any atom is -0.497 e. The molecule has 1 aromatic heterocycles. The van der Waals surface area contributed by atoms with Crippen LogP contribution in [0.3, 0.4) is 0 Å². The van der Waals surface area contributed by atoms with Gasteiger partial charge in [0.25, 0.3) is 0 Å². The number of hydrogen-bond acceptors (Lipinski definition) is 6. The molecular formula is C17H23N3O3S. The van der Waals surface area contributed by atoms with Gasteiger partial charge in [0.05, 0.1) is 19.3 Å². The Balaban J connectivity index is 1.93. The molecule has 7 heteroatoms. The second-order valence-electron chi connectivity index (χ2n) is 5.26. The molecule has 2 aromatic rings. The maximum absolute atomic E-state index is 12.1. The van der Waals surface area contributed by atoms with Crippen molar-refractivity contribution < 1.29 is 14.6 Å². The first-order valence-corrected chi connectivity index (χ1v) is 8.77. The lowest BCUT2D eigenvalue weighted by molar-refractivity contribution is -0.117. The number of nitrogens with zero attached hydrogens (tertiary/aromatic N) is 2. The molecule has 6 nitrogen and oxygen atoms in total. The normalized spacial score (nSPS) is 10.8. The first kappa shape index (κ1) is 18.4. The quantitative estimate of drug-likeness (QED) is 0.727. The van der Waals surface area contributed by atoms with Gasteiger partial charge in [-0.15, -0.1) is 11.3 Å². The van der Waals surface area contributed by atoms with Crippen LogP contribution in [0.4, 0.5) is 5.13 Å². The predicted molar refractivity (Wildman–Crippen MR) is 96.5 cm³/mol. The minimum absolute atomic E-state index is 0.0922. The number of anilines is 1. The molecule has 0 bridgehead atoms. The van der Waals surface area contributed by atoms with E-state index in [1.54, 1.807) is 7.11 Å². The van der Waals surface area contributed by atoms with E-state index in [0.29, 0.717) is 24.6 Å². The van der Waals surface area contributed by atoms with E-state index in [1.165, 1.54) is 11.3 Å². The standard InChI is InChI=1S/C17H23N3O3S/c1-3-20(9-4-10-21)11-16(22)19-17-18-15(12-24-17)13-5-7-14(23-2)8-6-13/h5-8,12,21H,3-4,9-11H2,1-2H3,(H,18,19,22). The van der Waals surface area contributed by atoms with Crippen molar-refractivity contribution in [1.82, 2.24) is 9.88 Å². The molecule has 0 fully saturated rings. The van der Waals surface area contributed by atoms with Crippen LogP contribution in [-0.2, 0) is 4.79 Å². The Kier molecular flexibility index (Phi) is 7.17. The van der Waals surface area contributed by atoms with Gasteiger partial charge >= 0.3 is 0 Å². The van der Waals surface area contributed by atoms with Gasteiger partial charge in [-0.05, 0) is 37.2 Å². The van der Waals surface area contributed by atoms with Gasteiger partial charge < -0.3 is 15.2 Å². The fourth-order valence-corrected chi connectivity index (χ4v) is 2.97. The molecular weight excluding hydrogens is 326 g/mol. The molecule has 1 amide bonds. The molecule has 1 aromatic carbocycles. The van der Waals surface area contributed by atoms with Crippen LogP contribution in [0, 0.1) is 0 Å². The van der Waals surface area contributed by atoms with Crippen molar-refractivity contribution in [3.8, 4) is 17.0 Å². The molecule has 24 heavy (non-hydrogen) atoms. The lowest BCUT2D eigenvalue weighted by Crippen LogP contribution is -2.34. The molecule has 0 radical (unpaired) electrons. The van der Waals surface area contributed by atoms with Crippen LogP contribution in [0.15, 0.2) is 29.6 Å². The minimum atomic E-state index is -0.0922. The van der Waals surface area contributed by atoms with Crippen molar-refractivity contribution in [2.75, 3.05) is 38.7 Å². The van der Waals surface area contributed by atoms with E-state index in [2.05, 4.69) is 10.3 Å². The van der Waals surface area contributed by atoms with Gasteiger partial charge in [0.1, 0.15) is 5.75 Å². The second-order valence-corrected chi connectivity index (χ2v) is 6.12. The molecule has 2 rings (SSSR count). The van der Waals surface area contributed by atoms with Crippen molar-refractivity contribution in [2.24, 2.45) is 0 Å². The highest BCUT2D eigenvalue weighted by atomic mass is 32.1. The third kappa shape index (κ3) is 5.30. The highest BCUT2D eigenvalue weighted by Crippen LogP contribution is 2.26. The average molecular weight is 349 g/mol. The molecule has 0 saturated carbocycles. The van der Waals surface area contributed by atoms with Crippen molar-refractivity contribution in [3.63, 3.8) is 0 Å². The number of thiazole rings is 1. The maximum Gasteiger partial charge on any atom is 0.240 e. The number of amides is 1. The van der Waals surface area contributed by atoms with Gasteiger partial charge in [0.2, 0.25) is 5.91 Å². The molecule has 0 aliphatic rings. The summed E-state index contributed by atoms with van der Waals surface area (Å²) in [6.07, 6.45) is 0.667. The molecule has 0 aliphatic heterocycles. The zero-order valence-electron chi connectivity index (χ0n) is 14.0. The Morgan fingerprint density at radius 3 is 2.75 bits per heavy atom. The molecule has 2 N–H and O–H groups in total. The first-order chi connectivity index (χ1) is 11.7. The predicted octanol–water partition coefficient (Wildman–Crippen LogP) is 2.46. The second kappa shape index (κ2) is 9.36. The van der Waals surface area contributed by atoms with Crippen LogP contribution in [0.25, 0.3) is 11.3 Å². The van der Waals surface area contributed by atoms with E-state index < -0.39 is 0 Å². The summed E-state index contributed by atoms with van der Waals surface area (Å²) < 4.78 is 5.14. The van der Waals surface area contributed by atoms with Crippen molar-refractivity contribution in [3.05, 3.63) is 29.6 Å². The number of hydrogen-bond donors (Lipinski definition) is 2. The number of aromatic nitrogens is 1. The molecule has 130 valence electrons. The largest absolute Gasteiger partial charge is 0.497 e. The van der Waals surface area contributed by atoms with Crippen molar-refractivity contribution in [2.45, 2.75) is 13.3 Å². The zero-order valence-corrected chi connectivity index (χ0v) is 14.8. The number of aliphatic hydroxyl groups excluding tert-OH is 1. The number of likely N-dealkylation sites (N-methyl/N-ethyl adjacent to an activating group) is 1. The van der Waals surface area contributed by atoms with Crippen molar-refractivity contribution >= 4 is 22.4 Å². The summed E-state index contributed by atoms with van der Waals surface area (Å²) in [7, 11) is 1.63. The van der Waals surface area contributed by atoms with Crippen LogP contribution < -0.4 is 10.1 Å². The molecule has 0 saturated heterocycles. The van der Waals surface area contributed by atoms with Crippen molar-refractivity contribution in [1.29, 1.82) is 0 Å².